The van der Waals surface area contributed by atoms with Gasteiger partial charge in [-0.3, -0.25) is 0 Å². The van der Waals surface area contributed by atoms with Crippen molar-refractivity contribution in [1.82, 2.24) is 4.48 Å². The van der Waals surface area contributed by atoms with E-state index in [2.05, 4.69) is 68.0 Å². The van der Waals surface area contributed by atoms with Gasteiger partial charge in [0, 0.05) is 34.0 Å². The second kappa shape index (κ2) is 6.53. The molecule has 0 spiro atoms. The van der Waals surface area contributed by atoms with Crippen molar-refractivity contribution in [2.24, 2.45) is 28.6 Å². The summed E-state index contributed by atoms with van der Waals surface area (Å²) in [5.74, 6) is 2.70. The molecule has 2 nitrogen and oxygen atoms in total. The van der Waals surface area contributed by atoms with Crippen molar-refractivity contribution in [2.75, 3.05) is 7.05 Å². The molecular formula is C26H35BrNO+. The van der Waals surface area contributed by atoms with Crippen molar-refractivity contribution < 1.29 is 4.79 Å². The smallest absolute Gasteiger partial charge is 0.226 e. The van der Waals surface area contributed by atoms with Gasteiger partial charge in [-0.25, -0.2) is 9.28 Å². The number of amides is 1. The molecule has 0 bridgehead atoms. The van der Waals surface area contributed by atoms with E-state index in [1.165, 1.54) is 49.8 Å². The molecule has 1 aromatic carbocycles. The van der Waals surface area contributed by atoms with E-state index in [1.54, 1.807) is 0 Å². The lowest BCUT2D eigenvalue weighted by Gasteiger charge is -2.60. The highest BCUT2D eigenvalue weighted by atomic mass is 79.9. The van der Waals surface area contributed by atoms with E-state index in [0.29, 0.717) is 21.9 Å². The minimum Gasteiger partial charge on any atom is -0.226 e. The first-order valence-corrected chi connectivity index (χ1v) is 12.4. The first-order valence-electron chi connectivity index (χ1n) is 11.6. The van der Waals surface area contributed by atoms with Gasteiger partial charge in [-0.05, 0) is 68.3 Å². The molecule has 7 atom stereocenters. The fourth-order valence-corrected chi connectivity index (χ4v) is 8.71. The topological polar surface area (TPSA) is 17.1 Å². The number of nitrogens with zero attached hydrogens (tertiary/aromatic N) is 1. The Morgan fingerprint density at radius 2 is 1.86 bits per heavy atom. The average molecular weight is 457 g/mol. The Balaban J connectivity index is 1.60. The Hall–Kier alpha value is -0.930. The van der Waals surface area contributed by atoms with Crippen LogP contribution in [0.2, 0.25) is 0 Å². The van der Waals surface area contributed by atoms with Crippen LogP contribution in [0, 0.1) is 35.5 Å². The summed E-state index contributed by atoms with van der Waals surface area (Å²) in [6.45, 7) is 7.21. The first kappa shape index (κ1) is 20.0. The van der Waals surface area contributed by atoms with Crippen molar-refractivity contribution >= 4 is 27.5 Å². The molecule has 4 aliphatic rings. The van der Waals surface area contributed by atoms with Crippen molar-refractivity contribution in [3.63, 3.8) is 0 Å². The molecule has 1 heterocycles. The zero-order valence-corrected chi connectivity index (χ0v) is 20.0. The Morgan fingerprint density at radius 3 is 2.66 bits per heavy atom. The van der Waals surface area contributed by atoms with Crippen LogP contribution in [0.1, 0.15) is 64.4 Å². The van der Waals surface area contributed by atoms with Gasteiger partial charge in [0.15, 0.2) is 0 Å². The molecule has 0 aromatic heterocycles. The summed E-state index contributed by atoms with van der Waals surface area (Å²) in [6.07, 6.45) is 13.7. The largest absolute Gasteiger partial charge is 0.343 e. The standard InChI is InChI=1S/C26H35BrNO/c1-17-21(27)8-5-9-22(17)28(4)23-11-10-18-19-7-6-14-25(19,2)15-12-20(18)26(23,3)16-13-24(28)29/h5,8-9,13,16,18-20,23H,6-7,10-12,14-15H2,1-4H3/q+1/t18-,19-,20-,23+,25-,26+,28?/m0/s1. The monoisotopic (exact) mass is 456 g/mol. The van der Waals surface area contributed by atoms with Gasteiger partial charge < -0.3 is 0 Å². The number of carbonyl (C=O) groups is 1. The molecule has 5 rings (SSSR count). The van der Waals surface area contributed by atoms with Crippen LogP contribution in [0.3, 0.4) is 0 Å². The van der Waals surface area contributed by atoms with Gasteiger partial charge >= 0.3 is 5.91 Å². The van der Waals surface area contributed by atoms with Crippen LogP contribution in [0.15, 0.2) is 34.8 Å². The highest BCUT2D eigenvalue weighted by Crippen LogP contribution is 2.64. The third-order valence-corrected chi connectivity index (χ3v) is 10.8. The summed E-state index contributed by atoms with van der Waals surface area (Å²) in [7, 11) is 2.19. The Labute approximate surface area is 184 Å². The summed E-state index contributed by atoms with van der Waals surface area (Å²) in [4.78, 5) is 13.4. The molecular weight excluding hydrogens is 422 g/mol. The van der Waals surface area contributed by atoms with Crippen molar-refractivity contribution in [3.05, 3.63) is 40.4 Å². The number of fused-ring (bicyclic) bond motifs is 5. The van der Waals surface area contributed by atoms with E-state index in [1.807, 2.05) is 6.08 Å². The third-order valence-electron chi connectivity index (χ3n) is 9.91. The maximum atomic E-state index is 13.4. The molecule has 1 unspecified atom stereocenters. The van der Waals surface area contributed by atoms with Gasteiger partial charge in [0.05, 0.1) is 7.05 Å². The predicted molar refractivity (Wildman–Crippen MR) is 124 cm³/mol. The zero-order valence-electron chi connectivity index (χ0n) is 18.4. The Kier molecular flexibility index (Phi) is 4.51. The molecule has 29 heavy (non-hydrogen) atoms. The fourth-order valence-electron chi connectivity index (χ4n) is 8.36. The lowest BCUT2D eigenvalue weighted by molar-refractivity contribution is -0.136. The van der Waals surface area contributed by atoms with E-state index in [9.17, 15) is 4.79 Å². The number of rotatable bonds is 1. The first-order chi connectivity index (χ1) is 13.7. The van der Waals surface area contributed by atoms with Crippen LogP contribution >= 0.6 is 15.9 Å². The van der Waals surface area contributed by atoms with Crippen LogP contribution in [0.5, 0.6) is 0 Å². The van der Waals surface area contributed by atoms with Gasteiger partial charge in [0.1, 0.15) is 11.7 Å². The minimum atomic E-state index is 0.101. The highest BCUT2D eigenvalue weighted by molar-refractivity contribution is 9.10. The fraction of sp³-hybridized carbons (Fsp3) is 0.654. The summed E-state index contributed by atoms with van der Waals surface area (Å²) in [5, 5.41) is 0. The molecule has 1 amide bonds. The van der Waals surface area contributed by atoms with Crippen LogP contribution in [0.4, 0.5) is 5.69 Å². The van der Waals surface area contributed by atoms with E-state index in [4.69, 9.17) is 0 Å². The van der Waals surface area contributed by atoms with Crippen molar-refractivity contribution in [1.29, 1.82) is 0 Å². The highest BCUT2D eigenvalue weighted by Gasteiger charge is 2.63. The molecule has 0 N–H and O–H groups in total. The van der Waals surface area contributed by atoms with Crippen LogP contribution in [0.25, 0.3) is 0 Å². The Bertz CT molecular complexity index is 893. The van der Waals surface area contributed by atoms with Crippen LogP contribution < -0.4 is 4.48 Å². The van der Waals surface area contributed by atoms with E-state index in [-0.39, 0.29) is 11.3 Å². The van der Waals surface area contributed by atoms with E-state index in [0.717, 1.165) is 22.7 Å². The molecule has 0 saturated heterocycles. The van der Waals surface area contributed by atoms with Crippen LogP contribution in [-0.2, 0) is 4.79 Å². The number of hydrogen-bond donors (Lipinski definition) is 0. The number of likely N-dealkylation sites (N-methyl/N-ethyl adjacent to an activating group) is 1. The number of carbonyl (C=O) groups excluding carboxylic acids is 1. The maximum Gasteiger partial charge on any atom is 0.343 e. The van der Waals surface area contributed by atoms with E-state index >= 15 is 0 Å². The quantitative estimate of drug-likeness (QED) is 0.424. The number of hydrogen-bond acceptors (Lipinski definition) is 1. The Morgan fingerprint density at radius 1 is 1.07 bits per heavy atom. The molecule has 3 fully saturated rings. The molecule has 1 aromatic rings. The van der Waals surface area contributed by atoms with Gasteiger partial charge in [-0.15, -0.1) is 0 Å². The molecule has 156 valence electrons. The average Bonchev–Trinajstić information content (AvgIpc) is 3.09. The lowest BCUT2D eigenvalue weighted by Crippen LogP contribution is -2.69. The van der Waals surface area contributed by atoms with Gasteiger partial charge in [0.25, 0.3) is 0 Å². The lowest BCUT2D eigenvalue weighted by atomic mass is 9.48. The second-order valence-electron chi connectivity index (χ2n) is 11.1. The number of quaternary nitrogens is 1. The van der Waals surface area contributed by atoms with Gasteiger partial charge in [0.2, 0.25) is 0 Å². The summed E-state index contributed by atoms with van der Waals surface area (Å²) >= 11 is 3.71. The minimum absolute atomic E-state index is 0.101. The summed E-state index contributed by atoms with van der Waals surface area (Å²) in [6, 6.07) is 6.70. The second-order valence-corrected chi connectivity index (χ2v) is 11.9. The molecule has 3 aliphatic carbocycles. The number of benzene rings is 1. The molecule has 3 heteroatoms. The van der Waals surface area contributed by atoms with Gasteiger partial charge in [-0.2, -0.15) is 0 Å². The van der Waals surface area contributed by atoms with Crippen molar-refractivity contribution in [3.8, 4) is 0 Å². The van der Waals surface area contributed by atoms with Crippen molar-refractivity contribution in [2.45, 2.75) is 71.8 Å². The summed E-state index contributed by atoms with van der Waals surface area (Å²) < 4.78 is 1.54. The predicted octanol–water partition coefficient (Wildman–Crippen LogP) is 6.79. The molecule has 3 saturated carbocycles. The molecule has 1 aliphatic heterocycles. The SMILES string of the molecule is Cc1c(Br)cccc1[N+]1(C)C(=O)C=C[C@@]2(C)[C@H]1CC[C@H]1[C@@H]3CCC[C@@]3(C)CC[C@@H]12. The summed E-state index contributed by atoms with van der Waals surface area (Å²) in [5.41, 5.74) is 3.06. The van der Waals surface area contributed by atoms with Gasteiger partial charge in [-0.1, -0.05) is 48.3 Å². The molecule has 0 radical (unpaired) electrons. The third kappa shape index (κ3) is 2.59. The number of halogens is 1. The van der Waals surface area contributed by atoms with Crippen LogP contribution in [-0.4, -0.2) is 19.0 Å². The normalized spacial score (nSPS) is 46.2. The maximum absolute atomic E-state index is 13.4. The van der Waals surface area contributed by atoms with E-state index < -0.39 is 0 Å². The zero-order chi connectivity index (χ0) is 20.6.